The first kappa shape index (κ1) is 23.8. The Hall–Kier alpha value is -2.32. The van der Waals surface area contributed by atoms with Crippen LogP contribution in [0, 0.1) is 0 Å². The number of rotatable bonds is 7. The van der Waals surface area contributed by atoms with Crippen LogP contribution >= 0.6 is 35.1 Å². The molecule has 1 heterocycles. The number of nitrogens with zero attached hydrogens (tertiary/aromatic N) is 1. The van der Waals surface area contributed by atoms with Crippen LogP contribution < -0.4 is 10.5 Å². The maximum Gasteiger partial charge on any atom is 0.406 e. The van der Waals surface area contributed by atoms with E-state index in [0.717, 1.165) is 34.0 Å². The molecule has 0 aliphatic rings. The summed E-state index contributed by atoms with van der Waals surface area (Å²) >= 11 is 12.8. The van der Waals surface area contributed by atoms with Crippen molar-refractivity contribution in [1.29, 1.82) is 0 Å². The zero-order chi connectivity index (χ0) is 23.6. The normalized spacial score (nSPS) is 12.9. The van der Waals surface area contributed by atoms with Gasteiger partial charge in [0.2, 0.25) is 0 Å². The highest BCUT2D eigenvalue weighted by Crippen LogP contribution is 2.36. The van der Waals surface area contributed by atoms with E-state index < -0.39 is 12.2 Å². The number of benzene rings is 3. The molecule has 0 saturated carbocycles. The first-order valence-electron chi connectivity index (χ1n) is 10.1. The van der Waals surface area contributed by atoms with Crippen molar-refractivity contribution >= 4 is 51.7 Å². The number of nitrogens with two attached hydrogens (primary N) is 1. The van der Waals surface area contributed by atoms with Gasteiger partial charge in [-0.3, -0.25) is 0 Å². The number of aromatic nitrogens is 1. The molecular weight excluding hydrogens is 490 g/mol. The first-order valence-corrected chi connectivity index (χ1v) is 11.6. The maximum absolute atomic E-state index is 14.0. The second kappa shape index (κ2) is 9.89. The predicted octanol–water partition coefficient (Wildman–Crippen LogP) is 7.35. The minimum Gasteiger partial charge on any atom is -0.398 e. The van der Waals surface area contributed by atoms with E-state index >= 15 is 0 Å². The predicted molar refractivity (Wildman–Crippen MR) is 131 cm³/mol. The lowest BCUT2D eigenvalue weighted by Crippen LogP contribution is -2.42. The van der Waals surface area contributed by atoms with E-state index in [4.69, 9.17) is 28.9 Å². The standard InChI is InChI=1S/C24H20Cl2F3N3S/c25-17-11-19(26)23(20(30)12-17)33-31-22(24(27,28)29)14-32-13-16(10-15-6-2-1-3-7-15)18-8-4-5-9-21(18)32/h1-9,11-13,22,31H,10,14,30H2. The number of nitrogens with one attached hydrogen (secondary N) is 1. The van der Waals surface area contributed by atoms with Gasteiger partial charge in [0.15, 0.2) is 0 Å². The second-order valence-electron chi connectivity index (χ2n) is 7.61. The fourth-order valence-corrected chi connectivity index (χ4v) is 5.08. The summed E-state index contributed by atoms with van der Waals surface area (Å²) in [6.45, 7) is -0.309. The van der Waals surface area contributed by atoms with E-state index in [1.807, 2.05) is 54.6 Å². The number of hydrogen-bond acceptors (Lipinski definition) is 3. The van der Waals surface area contributed by atoms with Gasteiger partial charge in [0.25, 0.3) is 0 Å². The van der Waals surface area contributed by atoms with E-state index in [-0.39, 0.29) is 17.3 Å². The van der Waals surface area contributed by atoms with Gasteiger partial charge in [0.1, 0.15) is 6.04 Å². The fraction of sp³-hybridized carbons (Fsp3) is 0.167. The van der Waals surface area contributed by atoms with Crippen LogP contribution in [0.5, 0.6) is 0 Å². The van der Waals surface area contributed by atoms with Crippen LogP contribution in [0.4, 0.5) is 18.9 Å². The molecule has 3 aromatic carbocycles. The van der Waals surface area contributed by atoms with Crippen molar-refractivity contribution < 1.29 is 13.2 Å². The topological polar surface area (TPSA) is 43.0 Å². The summed E-state index contributed by atoms with van der Waals surface area (Å²) in [5.74, 6) is 0. The van der Waals surface area contributed by atoms with Crippen molar-refractivity contribution in [3.8, 4) is 0 Å². The number of alkyl halides is 3. The van der Waals surface area contributed by atoms with Crippen molar-refractivity contribution in [3.05, 3.63) is 94.1 Å². The van der Waals surface area contributed by atoms with Crippen molar-refractivity contribution in [2.75, 3.05) is 5.73 Å². The van der Waals surface area contributed by atoms with Crippen LogP contribution in [0.15, 0.2) is 77.8 Å². The highest BCUT2D eigenvalue weighted by Gasteiger charge is 2.40. The van der Waals surface area contributed by atoms with E-state index in [0.29, 0.717) is 16.3 Å². The Labute approximate surface area is 203 Å². The average molecular weight is 510 g/mol. The number of hydrogen-bond donors (Lipinski definition) is 2. The molecule has 9 heteroatoms. The third-order valence-corrected chi connectivity index (χ3v) is 6.91. The largest absolute Gasteiger partial charge is 0.406 e. The summed E-state index contributed by atoms with van der Waals surface area (Å²) < 4.78 is 46.0. The molecule has 0 aliphatic heterocycles. The molecule has 3 nitrogen and oxygen atoms in total. The quantitative estimate of drug-likeness (QED) is 0.202. The molecule has 33 heavy (non-hydrogen) atoms. The summed E-state index contributed by atoms with van der Waals surface area (Å²) in [6, 6.07) is 18.4. The molecule has 3 N–H and O–H groups in total. The Bertz CT molecular complexity index is 1240. The minimum atomic E-state index is -4.49. The van der Waals surface area contributed by atoms with Crippen LogP contribution in [0.3, 0.4) is 0 Å². The third kappa shape index (κ3) is 5.61. The van der Waals surface area contributed by atoms with Gasteiger partial charge in [0.05, 0.1) is 9.92 Å². The van der Waals surface area contributed by atoms with Crippen LogP contribution in [0.2, 0.25) is 10.0 Å². The van der Waals surface area contributed by atoms with Gasteiger partial charge in [-0.05, 0) is 47.7 Å². The molecule has 172 valence electrons. The molecule has 0 fully saturated rings. The smallest absolute Gasteiger partial charge is 0.398 e. The second-order valence-corrected chi connectivity index (χ2v) is 9.30. The first-order chi connectivity index (χ1) is 15.7. The number of para-hydroxylation sites is 1. The Kier molecular flexibility index (Phi) is 7.14. The van der Waals surface area contributed by atoms with E-state index in [9.17, 15) is 13.2 Å². The van der Waals surface area contributed by atoms with E-state index in [1.165, 1.54) is 12.1 Å². The zero-order valence-electron chi connectivity index (χ0n) is 17.2. The van der Waals surface area contributed by atoms with Crippen molar-refractivity contribution in [2.45, 2.75) is 30.1 Å². The van der Waals surface area contributed by atoms with Gasteiger partial charge >= 0.3 is 6.18 Å². The minimum absolute atomic E-state index is 0.190. The zero-order valence-corrected chi connectivity index (χ0v) is 19.6. The van der Waals surface area contributed by atoms with Crippen LogP contribution in [-0.2, 0) is 13.0 Å². The van der Waals surface area contributed by atoms with Gasteiger partial charge < -0.3 is 10.3 Å². The van der Waals surface area contributed by atoms with E-state index in [1.54, 1.807) is 10.8 Å². The summed E-state index contributed by atoms with van der Waals surface area (Å²) in [5.41, 5.74) is 8.92. The molecule has 1 aromatic heterocycles. The summed E-state index contributed by atoms with van der Waals surface area (Å²) in [5, 5.41) is 1.44. The fourth-order valence-electron chi connectivity index (χ4n) is 3.65. The lowest BCUT2D eigenvalue weighted by molar-refractivity contribution is -0.153. The summed E-state index contributed by atoms with van der Waals surface area (Å²) in [6.07, 6.45) is -2.07. The van der Waals surface area contributed by atoms with E-state index in [2.05, 4.69) is 4.72 Å². The Morgan fingerprint density at radius 3 is 2.39 bits per heavy atom. The highest BCUT2D eigenvalue weighted by molar-refractivity contribution is 7.97. The van der Waals surface area contributed by atoms with Gasteiger partial charge in [-0.2, -0.15) is 13.2 Å². The van der Waals surface area contributed by atoms with Gasteiger partial charge in [-0.15, -0.1) is 0 Å². The molecular formula is C24H20Cl2F3N3S. The lowest BCUT2D eigenvalue weighted by atomic mass is 10.0. The van der Waals surface area contributed by atoms with Gasteiger partial charge in [-0.1, -0.05) is 71.7 Å². The number of anilines is 1. The van der Waals surface area contributed by atoms with Crippen molar-refractivity contribution in [3.63, 3.8) is 0 Å². The number of nitrogen functional groups attached to an aromatic ring is 1. The maximum atomic E-state index is 14.0. The van der Waals surface area contributed by atoms with Crippen LogP contribution in [0.1, 0.15) is 11.1 Å². The molecule has 1 unspecified atom stereocenters. The molecule has 0 spiro atoms. The Balaban J connectivity index is 1.61. The van der Waals surface area contributed by atoms with Crippen molar-refractivity contribution in [1.82, 2.24) is 9.29 Å². The van der Waals surface area contributed by atoms with Crippen LogP contribution in [0.25, 0.3) is 10.9 Å². The molecule has 1 atom stereocenters. The SMILES string of the molecule is Nc1cc(Cl)cc(Cl)c1SNC(Cn1cc(Cc2ccccc2)c2ccccc21)C(F)(F)F. The van der Waals surface area contributed by atoms with Gasteiger partial charge in [-0.25, -0.2) is 4.72 Å². The molecule has 0 saturated heterocycles. The molecule has 4 rings (SSSR count). The molecule has 0 radical (unpaired) electrons. The third-order valence-electron chi connectivity index (χ3n) is 5.22. The van der Waals surface area contributed by atoms with Gasteiger partial charge in [0, 0.05) is 34.4 Å². The van der Waals surface area contributed by atoms with Crippen molar-refractivity contribution in [2.24, 2.45) is 0 Å². The number of fused-ring (bicyclic) bond motifs is 1. The summed E-state index contributed by atoms with van der Waals surface area (Å²) in [4.78, 5) is 0.303. The monoisotopic (exact) mass is 509 g/mol. The molecule has 0 aliphatic carbocycles. The average Bonchev–Trinajstić information content (AvgIpc) is 3.09. The Morgan fingerprint density at radius 2 is 1.70 bits per heavy atom. The molecule has 4 aromatic rings. The highest BCUT2D eigenvalue weighted by atomic mass is 35.5. The number of halogens is 5. The summed E-state index contributed by atoms with van der Waals surface area (Å²) in [7, 11) is 0. The molecule has 0 bridgehead atoms. The molecule has 0 amide bonds. The van der Waals surface area contributed by atoms with Crippen LogP contribution in [-0.4, -0.2) is 16.8 Å². The lowest BCUT2D eigenvalue weighted by Gasteiger charge is -2.23. The Morgan fingerprint density at radius 1 is 1.00 bits per heavy atom.